The Hall–Kier alpha value is -1.31. The van der Waals surface area contributed by atoms with E-state index in [9.17, 15) is 9.59 Å². The van der Waals surface area contributed by atoms with Crippen molar-refractivity contribution >= 4 is 23.0 Å². The van der Waals surface area contributed by atoms with Gasteiger partial charge in [-0.15, -0.1) is 0 Å². The van der Waals surface area contributed by atoms with Gasteiger partial charge < -0.3 is 19.5 Å². The van der Waals surface area contributed by atoms with Crippen LogP contribution in [0.25, 0.3) is 0 Å². The Morgan fingerprint density at radius 3 is 2.82 bits per heavy atom. The Bertz CT molecular complexity index is 649. The van der Waals surface area contributed by atoms with Gasteiger partial charge in [-0.2, -0.15) is 0 Å². The van der Waals surface area contributed by atoms with Gasteiger partial charge in [0.25, 0.3) is 5.24 Å². The Labute approximate surface area is 171 Å². The van der Waals surface area contributed by atoms with Crippen LogP contribution in [0.2, 0.25) is 0 Å². The number of esters is 1. The van der Waals surface area contributed by atoms with Gasteiger partial charge in [0.05, 0.1) is 12.1 Å². The molecule has 0 aromatic carbocycles. The van der Waals surface area contributed by atoms with Crippen LogP contribution in [-0.2, 0) is 19.0 Å². The Balaban J connectivity index is 1.82. The van der Waals surface area contributed by atoms with Crippen LogP contribution in [0.15, 0.2) is 23.8 Å². The smallest absolute Gasteiger partial charge is 0.330 e. The SMILES string of the molecule is CO[C@]1([C@@H]2CSC(=O)N2)C[C@H]2C[C@@H](CC[C@H](C)/C=C\CC/C(C)=C\C(=O)O2)O1. The van der Waals surface area contributed by atoms with Crippen LogP contribution in [0.5, 0.6) is 0 Å². The highest BCUT2D eigenvalue weighted by molar-refractivity contribution is 8.14. The fourth-order valence-electron chi connectivity index (χ4n) is 4.11. The van der Waals surface area contributed by atoms with E-state index in [0.717, 1.165) is 31.3 Å². The first-order valence-corrected chi connectivity index (χ1v) is 11.1. The van der Waals surface area contributed by atoms with Crippen LogP contribution in [0.4, 0.5) is 4.79 Å². The van der Waals surface area contributed by atoms with Gasteiger partial charge in [-0.05, 0) is 38.5 Å². The molecule has 0 aromatic rings. The van der Waals surface area contributed by atoms with Crippen molar-refractivity contribution in [2.75, 3.05) is 12.9 Å². The zero-order valence-electron chi connectivity index (χ0n) is 16.9. The highest BCUT2D eigenvalue weighted by Gasteiger charge is 2.51. The van der Waals surface area contributed by atoms with E-state index in [4.69, 9.17) is 14.2 Å². The Morgan fingerprint density at radius 1 is 1.29 bits per heavy atom. The van der Waals surface area contributed by atoms with Crippen molar-refractivity contribution in [1.82, 2.24) is 5.32 Å². The number of rotatable bonds is 2. The highest BCUT2D eigenvalue weighted by atomic mass is 32.2. The second-order valence-corrected chi connectivity index (χ2v) is 9.05. The van der Waals surface area contributed by atoms with Crippen LogP contribution in [0.1, 0.15) is 52.4 Å². The topological polar surface area (TPSA) is 73.9 Å². The van der Waals surface area contributed by atoms with Crippen molar-refractivity contribution in [3.05, 3.63) is 23.8 Å². The second-order valence-electron chi connectivity index (χ2n) is 8.06. The van der Waals surface area contributed by atoms with E-state index in [1.54, 1.807) is 13.2 Å². The largest absolute Gasteiger partial charge is 0.459 e. The molecule has 3 aliphatic heterocycles. The van der Waals surface area contributed by atoms with Gasteiger partial charge in [-0.1, -0.05) is 36.4 Å². The highest BCUT2D eigenvalue weighted by Crippen LogP contribution is 2.39. The zero-order chi connectivity index (χ0) is 20.1. The number of hydrogen-bond acceptors (Lipinski definition) is 6. The minimum absolute atomic E-state index is 0.0693. The number of carbonyl (C=O) groups is 2. The Kier molecular flexibility index (Phi) is 7.23. The summed E-state index contributed by atoms with van der Waals surface area (Å²) in [5.41, 5.74) is 1.01. The van der Waals surface area contributed by atoms with Crippen LogP contribution in [-0.4, -0.2) is 48.1 Å². The number of carbonyl (C=O) groups excluding carboxylic acids is 2. The van der Waals surface area contributed by atoms with E-state index in [1.807, 2.05) is 6.92 Å². The molecule has 1 amide bonds. The molecular weight excluding hydrogens is 378 g/mol. The standard InChI is InChI=1S/C21H31NO5S/c1-14-6-4-5-7-15(2)10-19(23)26-17-11-16(9-8-14)27-21(12-17,25-3)18-13-28-20(24)22-18/h4,6,10,14,16-18H,5,7-9,11-13H2,1-3H3,(H,22,24)/b6-4-,15-10-/t14-,16-,17-,18+,21-/m1/s1. The minimum atomic E-state index is -0.970. The quantitative estimate of drug-likeness (QED) is 0.550. The summed E-state index contributed by atoms with van der Waals surface area (Å²) in [6, 6.07) is -0.257. The molecule has 0 saturated carbocycles. The van der Waals surface area contributed by atoms with Crippen LogP contribution in [0, 0.1) is 5.92 Å². The molecule has 0 spiro atoms. The molecule has 2 saturated heterocycles. The maximum Gasteiger partial charge on any atom is 0.330 e. The second kappa shape index (κ2) is 9.46. The summed E-state index contributed by atoms with van der Waals surface area (Å²) >= 11 is 1.23. The lowest BCUT2D eigenvalue weighted by atomic mass is 9.90. The number of methoxy groups -OCH3 is 1. The van der Waals surface area contributed by atoms with Gasteiger partial charge in [0, 0.05) is 31.8 Å². The molecule has 156 valence electrons. The molecule has 2 bridgehead atoms. The lowest BCUT2D eigenvalue weighted by Crippen LogP contribution is -2.59. The van der Waals surface area contributed by atoms with E-state index in [1.165, 1.54) is 11.8 Å². The van der Waals surface area contributed by atoms with Crippen molar-refractivity contribution in [3.63, 3.8) is 0 Å². The predicted molar refractivity (Wildman–Crippen MR) is 109 cm³/mol. The van der Waals surface area contributed by atoms with Crippen molar-refractivity contribution in [3.8, 4) is 0 Å². The molecule has 3 aliphatic rings. The van der Waals surface area contributed by atoms with Gasteiger partial charge >= 0.3 is 5.97 Å². The first-order chi connectivity index (χ1) is 13.4. The summed E-state index contributed by atoms with van der Waals surface area (Å²) in [6.45, 7) is 4.17. The van der Waals surface area contributed by atoms with E-state index >= 15 is 0 Å². The monoisotopic (exact) mass is 409 g/mol. The van der Waals surface area contributed by atoms with Crippen molar-refractivity contribution in [1.29, 1.82) is 0 Å². The number of thioether (sulfide) groups is 1. The summed E-state index contributed by atoms with van der Waals surface area (Å²) in [6.07, 6.45) is 10.3. The molecule has 28 heavy (non-hydrogen) atoms. The van der Waals surface area contributed by atoms with Crippen molar-refractivity contribution in [2.24, 2.45) is 5.92 Å². The molecule has 6 nitrogen and oxygen atoms in total. The Morgan fingerprint density at radius 2 is 2.11 bits per heavy atom. The van der Waals surface area contributed by atoms with E-state index in [0.29, 0.717) is 24.5 Å². The normalized spacial score (nSPS) is 40.6. The number of allylic oxidation sites excluding steroid dienone is 3. The molecule has 1 N–H and O–H groups in total. The first-order valence-electron chi connectivity index (χ1n) is 10.1. The summed E-state index contributed by atoms with van der Waals surface area (Å²) in [5, 5.41) is 2.88. The third-order valence-corrected chi connectivity index (χ3v) is 6.59. The van der Waals surface area contributed by atoms with E-state index < -0.39 is 5.79 Å². The first kappa shape index (κ1) is 21.4. The summed E-state index contributed by atoms with van der Waals surface area (Å²) in [4.78, 5) is 24.2. The van der Waals surface area contributed by atoms with Crippen molar-refractivity contribution < 1.29 is 23.8 Å². The number of ether oxygens (including phenoxy) is 3. The molecule has 0 aliphatic carbocycles. The van der Waals surface area contributed by atoms with Gasteiger partial charge in [0.2, 0.25) is 0 Å². The molecule has 0 radical (unpaired) electrons. The molecule has 0 unspecified atom stereocenters. The summed E-state index contributed by atoms with van der Waals surface area (Å²) in [7, 11) is 1.60. The van der Waals surface area contributed by atoms with Crippen LogP contribution >= 0.6 is 11.8 Å². The maximum absolute atomic E-state index is 12.4. The average Bonchev–Trinajstić information content (AvgIpc) is 3.09. The average molecular weight is 410 g/mol. The molecule has 0 aromatic heterocycles. The fraction of sp³-hybridized carbons (Fsp3) is 0.714. The third-order valence-electron chi connectivity index (χ3n) is 5.71. The number of fused-ring (bicyclic) bond motifs is 2. The van der Waals surface area contributed by atoms with Gasteiger partial charge in [0.1, 0.15) is 6.10 Å². The van der Waals surface area contributed by atoms with Crippen LogP contribution < -0.4 is 5.32 Å². The molecule has 7 heteroatoms. The fourth-order valence-corrected chi connectivity index (χ4v) is 5.00. The van der Waals surface area contributed by atoms with E-state index in [2.05, 4.69) is 24.4 Å². The van der Waals surface area contributed by atoms with Gasteiger partial charge in [0.15, 0.2) is 5.79 Å². The lowest BCUT2D eigenvalue weighted by molar-refractivity contribution is -0.296. The number of amides is 1. The maximum atomic E-state index is 12.4. The van der Waals surface area contributed by atoms with Gasteiger partial charge in [-0.3, -0.25) is 4.79 Å². The molecule has 3 heterocycles. The van der Waals surface area contributed by atoms with Crippen molar-refractivity contribution in [2.45, 2.75) is 76.4 Å². The molecule has 5 atom stereocenters. The summed E-state index contributed by atoms with van der Waals surface area (Å²) < 4.78 is 18.0. The van der Waals surface area contributed by atoms with Gasteiger partial charge in [-0.25, -0.2) is 4.79 Å². The third kappa shape index (κ3) is 5.39. The molecule has 3 rings (SSSR count). The lowest BCUT2D eigenvalue weighted by Gasteiger charge is -2.46. The molecule has 2 fully saturated rings. The summed E-state index contributed by atoms with van der Waals surface area (Å²) in [5.74, 6) is -0.245. The van der Waals surface area contributed by atoms with Crippen LogP contribution in [0.3, 0.4) is 0 Å². The number of nitrogens with one attached hydrogen (secondary N) is 1. The number of hydrogen-bond donors (Lipinski definition) is 1. The zero-order valence-corrected chi connectivity index (χ0v) is 17.8. The van der Waals surface area contributed by atoms with E-state index in [-0.39, 0.29) is 29.5 Å². The molecular formula is C21H31NO5S. The minimum Gasteiger partial charge on any atom is -0.459 e. The predicted octanol–water partition coefficient (Wildman–Crippen LogP) is 3.96.